The number of benzene rings is 1. The van der Waals surface area contributed by atoms with Crippen molar-refractivity contribution in [1.29, 1.82) is 0 Å². The van der Waals surface area contributed by atoms with E-state index in [0.717, 1.165) is 30.2 Å². The van der Waals surface area contributed by atoms with Gasteiger partial charge in [-0.05, 0) is 26.0 Å². The van der Waals surface area contributed by atoms with Crippen LogP contribution in [0.1, 0.15) is 27.7 Å². The molecule has 1 aliphatic heterocycles. The van der Waals surface area contributed by atoms with Crippen LogP contribution in [0.15, 0.2) is 18.2 Å². The molecule has 0 radical (unpaired) electrons. The van der Waals surface area contributed by atoms with Gasteiger partial charge in [-0.25, -0.2) is 0 Å². The van der Waals surface area contributed by atoms with E-state index in [1.54, 1.807) is 0 Å². The maximum absolute atomic E-state index is 6.28. The molecule has 3 nitrogen and oxygen atoms in total. The van der Waals surface area contributed by atoms with E-state index in [4.69, 9.17) is 10.5 Å². The first-order chi connectivity index (χ1) is 8.97. The number of hydrogen-bond acceptors (Lipinski definition) is 4. The van der Waals surface area contributed by atoms with E-state index in [1.807, 2.05) is 37.7 Å². The van der Waals surface area contributed by atoms with Crippen molar-refractivity contribution in [2.24, 2.45) is 0 Å². The number of ether oxygens (including phenoxy) is 1. The van der Waals surface area contributed by atoms with E-state index in [9.17, 15) is 0 Å². The second-order valence-corrected chi connectivity index (χ2v) is 7.40. The second kappa shape index (κ2) is 5.95. The van der Waals surface area contributed by atoms with Crippen molar-refractivity contribution >= 4 is 23.1 Å². The monoisotopic (exact) mass is 280 g/mol. The van der Waals surface area contributed by atoms with Gasteiger partial charge in [-0.1, -0.05) is 19.9 Å². The first-order valence-electron chi connectivity index (χ1n) is 6.93. The van der Waals surface area contributed by atoms with Crippen LogP contribution in [0.25, 0.3) is 0 Å². The molecule has 0 bridgehead atoms. The number of nitrogen functional groups attached to an aromatic ring is 1. The summed E-state index contributed by atoms with van der Waals surface area (Å²) in [5.41, 5.74) is 8.15. The molecule has 2 rings (SSSR count). The molecule has 19 heavy (non-hydrogen) atoms. The highest BCUT2D eigenvalue weighted by atomic mass is 32.2. The maximum Gasteiger partial charge on any atom is 0.144 e. The molecule has 1 aromatic carbocycles. The second-order valence-electron chi connectivity index (χ2n) is 5.52. The smallest absolute Gasteiger partial charge is 0.144 e. The molecule has 0 aliphatic carbocycles. The number of anilines is 2. The van der Waals surface area contributed by atoms with Crippen LogP contribution in [0.3, 0.4) is 0 Å². The van der Waals surface area contributed by atoms with Crippen molar-refractivity contribution in [3.63, 3.8) is 0 Å². The summed E-state index contributed by atoms with van der Waals surface area (Å²) in [6.07, 6.45) is 0.146. The zero-order valence-corrected chi connectivity index (χ0v) is 13.0. The zero-order valence-electron chi connectivity index (χ0n) is 12.2. The minimum atomic E-state index is 0.146. The van der Waals surface area contributed by atoms with E-state index in [0.29, 0.717) is 10.5 Å². The number of nitrogens with two attached hydrogens (primary N) is 1. The molecule has 2 N–H and O–H groups in total. The van der Waals surface area contributed by atoms with Gasteiger partial charge in [-0.3, -0.25) is 0 Å². The van der Waals surface area contributed by atoms with Crippen molar-refractivity contribution in [1.82, 2.24) is 0 Å². The van der Waals surface area contributed by atoms with Gasteiger partial charge in [-0.2, -0.15) is 11.8 Å². The number of para-hydroxylation sites is 1. The van der Waals surface area contributed by atoms with Gasteiger partial charge in [0.25, 0.3) is 0 Å². The normalized spacial score (nSPS) is 23.7. The first kappa shape index (κ1) is 14.4. The summed E-state index contributed by atoms with van der Waals surface area (Å²) >= 11 is 2.05. The number of nitrogens with zero attached hydrogens (tertiary/aromatic N) is 1. The first-order valence-corrected chi connectivity index (χ1v) is 7.87. The predicted octanol–water partition coefficient (Wildman–Crippen LogP) is 3.39. The summed E-state index contributed by atoms with van der Waals surface area (Å²) in [6, 6.07) is 6.07. The Hall–Kier alpha value is -1.03. The largest absolute Gasteiger partial charge is 0.489 e. The summed E-state index contributed by atoms with van der Waals surface area (Å²) < 4.78 is 5.77. The Bertz CT molecular complexity index is 426. The highest BCUT2D eigenvalue weighted by molar-refractivity contribution is 8.00. The Kier molecular flexibility index (Phi) is 4.50. The van der Waals surface area contributed by atoms with E-state index < -0.39 is 0 Å². The van der Waals surface area contributed by atoms with Crippen molar-refractivity contribution in [3.8, 4) is 5.75 Å². The lowest BCUT2D eigenvalue weighted by Crippen LogP contribution is -2.40. The highest BCUT2D eigenvalue weighted by Gasteiger charge is 2.24. The van der Waals surface area contributed by atoms with Crippen LogP contribution in [0, 0.1) is 0 Å². The average molecular weight is 280 g/mol. The van der Waals surface area contributed by atoms with Gasteiger partial charge in [0.15, 0.2) is 0 Å². The molecule has 1 aliphatic rings. The molecule has 0 saturated carbocycles. The Morgan fingerprint density at radius 2 is 1.89 bits per heavy atom. The highest BCUT2D eigenvalue weighted by Crippen LogP contribution is 2.36. The fourth-order valence-corrected chi connectivity index (χ4v) is 3.86. The number of hydrogen-bond donors (Lipinski definition) is 1. The molecule has 4 heteroatoms. The SMILES string of the molecule is CC(C)Oc1cccc(N2CC(C)SC(C)C2)c1N. The van der Waals surface area contributed by atoms with Gasteiger partial charge >= 0.3 is 0 Å². The van der Waals surface area contributed by atoms with Gasteiger partial charge in [0, 0.05) is 23.6 Å². The quantitative estimate of drug-likeness (QED) is 0.861. The number of rotatable bonds is 3. The van der Waals surface area contributed by atoms with E-state index >= 15 is 0 Å². The molecule has 1 heterocycles. The summed E-state index contributed by atoms with van der Waals surface area (Å²) in [6.45, 7) is 10.7. The molecule has 2 unspecified atom stereocenters. The molecule has 1 fully saturated rings. The summed E-state index contributed by atoms with van der Waals surface area (Å²) in [5, 5.41) is 1.27. The fraction of sp³-hybridized carbons (Fsp3) is 0.600. The molecular formula is C15H24N2OS. The standard InChI is InChI=1S/C15H24N2OS/c1-10(2)18-14-7-5-6-13(15(14)16)17-8-11(3)19-12(4)9-17/h5-7,10-12H,8-9,16H2,1-4H3. The average Bonchev–Trinajstić information content (AvgIpc) is 2.30. The zero-order chi connectivity index (χ0) is 14.0. The lowest BCUT2D eigenvalue weighted by molar-refractivity contribution is 0.244. The van der Waals surface area contributed by atoms with E-state index in [1.165, 1.54) is 0 Å². The molecular weight excluding hydrogens is 256 g/mol. The Morgan fingerprint density at radius 1 is 1.26 bits per heavy atom. The molecule has 1 aromatic rings. The minimum absolute atomic E-state index is 0.146. The molecule has 0 amide bonds. The third-order valence-electron chi connectivity index (χ3n) is 3.17. The Labute approximate surface area is 120 Å². The summed E-state index contributed by atoms with van der Waals surface area (Å²) in [4.78, 5) is 2.38. The van der Waals surface area contributed by atoms with Crippen LogP contribution in [0.4, 0.5) is 11.4 Å². The van der Waals surface area contributed by atoms with Gasteiger partial charge < -0.3 is 15.4 Å². The van der Waals surface area contributed by atoms with E-state index in [-0.39, 0.29) is 6.10 Å². The van der Waals surface area contributed by atoms with Gasteiger partial charge in [0.1, 0.15) is 5.75 Å². The van der Waals surface area contributed by atoms with Gasteiger partial charge in [0.05, 0.1) is 17.5 Å². The van der Waals surface area contributed by atoms with Crippen molar-refractivity contribution in [2.45, 2.75) is 44.3 Å². The van der Waals surface area contributed by atoms with Crippen molar-refractivity contribution in [3.05, 3.63) is 18.2 Å². The third kappa shape index (κ3) is 3.50. The van der Waals surface area contributed by atoms with Gasteiger partial charge in [-0.15, -0.1) is 0 Å². The van der Waals surface area contributed by atoms with Crippen LogP contribution < -0.4 is 15.4 Å². The lowest BCUT2D eigenvalue weighted by atomic mass is 10.2. The number of thioether (sulfide) groups is 1. The summed E-state index contributed by atoms with van der Waals surface area (Å²) in [7, 11) is 0. The molecule has 1 saturated heterocycles. The molecule has 0 aromatic heterocycles. The lowest BCUT2D eigenvalue weighted by Gasteiger charge is -2.37. The van der Waals surface area contributed by atoms with Crippen LogP contribution in [0.2, 0.25) is 0 Å². The Morgan fingerprint density at radius 3 is 2.47 bits per heavy atom. The van der Waals surface area contributed by atoms with Crippen LogP contribution in [-0.4, -0.2) is 29.7 Å². The van der Waals surface area contributed by atoms with Crippen LogP contribution in [0.5, 0.6) is 5.75 Å². The topological polar surface area (TPSA) is 38.5 Å². The molecule has 2 atom stereocenters. The van der Waals surface area contributed by atoms with Gasteiger partial charge in [0.2, 0.25) is 0 Å². The minimum Gasteiger partial charge on any atom is -0.489 e. The third-order valence-corrected chi connectivity index (χ3v) is 4.39. The van der Waals surface area contributed by atoms with Crippen molar-refractivity contribution in [2.75, 3.05) is 23.7 Å². The van der Waals surface area contributed by atoms with E-state index in [2.05, 4.69) is 24.8 Å². The summed E-state index contributed by atoms with van der Waals surface area (Å²) in [5.74, 6) is 0.797. The molecule has 106 valence electrons. The predicted molar refractivity (Wildman–Crippen MR) is 85.3 cm³/mol. The fourth-order valence-electron chi connectivity index (χ4n) is 2.54. The maximum atomic E-state index is 6.28. The molecule has 0 spiro atoms. The van der Waals surface area contributed by atoms with Crippen LogP contribution in [-0.2, 0) is 0 Å². The van der Waals surface area contributed by atoms with Crippen LogP contribution >= 0.6 is 11.8 Å². The Balaban J connectivity index is 2.24. The van der Waals surface area contributed by atoms with Crippen molar-refractivity contribution < 1.29 is 4.74 Å².